The summed E-state index contributed by atoms with van der Waals surface area (Å²) in [6, 6.07) is 33.4. The van der Waals surface area contributed by atoms with Gasteiger partial charge < -0.3 is 0 Å². The fourth-order valence-corrected chi connectivity index (χ4v) is 24.0. The molecule has 0 nitrogen and oxygen atoms in total. The van der Waals surface area contributed by atoms with Crippen LogP contribution in [0.25, 0.3) is 0 Å². The van der Waals surface area contributed by atoms with E-state index >= 15 is 0 Å². The van der Waals surface area contributed by atoms with Crippen LogP contribution in [-0.2, 0) is 0 Å². The van der Waals surface area contributed by atoms with Crippen molar-refractivity contribution < 1.29 is 0 Å². The van der Waals surface area contributed by atoms with Crippen molar-refractivity contribution in [1.29, 1.82) is 0 Å². The molecule has 0 saturated heterocycles. The fourth-order valence-electron chi connectivity index (χ4n) is 7.15. The van der Waals surface area contributed by atoms with Crippen molar-refractivity contribution >= 4 is 45.1 Å². The molecule has 0 N–H and O–H groups in total. The Bertz CT molecular complexity index is 1450. The van der Waals surface area contributed by atoms with E-state index in [2.05, 4.69) is 175 Å². The predicted molar refractivity (Wildman–Crippen MR) is 213 cm³/mol. The van der Waals surface area contributed by atoms with E-state index in [1.807, 2.05) is 0 Å². The zero-order chi connectivity index (χ0) is 34.2. The topological polar surface area (TPSA) is 0 Å². The summed E-state index contributed by atoms with van der Waals surface area (Å²) >= 11 is 0. The first kappa shape index (κ1) is 36.6. The summed E-state index contributed by atoms with van der Waals surface area (Å²) in [6.07, 6.45) is 0. The summed E-state index contributed by atoms with van der Waals surface area (Å²) in [5, 5.41) is 6.17. The van der Waals surface area contributed by atoms with Gasteiger partial charge in [-0.3, -0.25) is 0 Å². The van der Waals surface area contributed by atoms with E-state index in [1.54, 1.807) is 32.6 Å². The van der Waals surface area contributed by atoms with Crippen molar-refractivity contribution in [2.24, 2.45) is 0 Å². The van der Waals surface area contributed by atoms with Gasteiger partial charge in [0.2, 0.25) is 0 Å². The van der Waals surface area contributed by atoms with Gasteiger partial charge in [0.05, 0.1) is 0 Å². The summed E-state index contributed by atoms with van der Waals surface area (Å²) in [4.78, 5) is 0. The molecule has 244 valence electrons. The SMILES string of the molecule is CC(C)c1cc(C(C)C)c([Si](c2c(C(C)C)cc(C(C)C)cc2C(C)C)P(C)([Si])(c2ccccc2)c2ccccc2)c(C(C)C)c1. The Labute approximate surface area is 287 Å². The quantitative estimate of drug-likeness (QED) is 0.111. The monoisotopic (exact) mass is 662 g/mol. The van der Waals surface area contributed by atoms with E-state index in [9.17, 15) is 0 Å². The molecule has 0 aliphatic heterocycles. The van der Waals surface area contributed by atoms with Crippen LogP contribution in [0.2, 0.25) is 0 Å². The van der Waals surface area contributed by atoms with E-state index in [0.717, 1.165) is 0 Å². The van der Waals surface area contributed by atoms with Gasteiger partial charge in [-0.05, 0) is 0 Å². The predicted octanol–water partition coefficient (Wildman–Crippen LogP) is 10.5. The third-order valence-electron chi connectivity index (χ3n) is 10.1. The number of hydrogen-bond donors (Lipinski definition) is 0. The number of hydrogen-bond acceptors (Lipinski definition) is 0. The zero-order valence-corrected chi connectivity index (χ0v) is 33.9. The van der Waals surface area contributed by atoms with E-state index in [4.69, 9.17) is 9.91 Å². The molecule has 4 radical (unpaired) electrons. The number of rotatable bonds is 11. The van der Waals surface area contributed by atoms with Crippen LogP contribution in [0.3, 0.4) is 0 Å². The van der Waals surface area contributed by atoms with Crippen LogP contribution in [-0.4, -0.2) is 25.0 Å². The third kappa shape index (κ3) is 6.69. The molecule has 0 unspecified atom stereocenters. The normalized spacial score (nSPS) is 13.5. The molecule has 4 rings (SSSR count). The van der Waals surface area contributed by atoms with Crippen LogP contribution in [0.15, 0.2) is 84.9 Å². The van der Waals surface area contributed by atoms with E-state index in [1.165, 1.54) is 21.7 Å². The van der Waals surface area contributed by atoms with Crippen molar-refractivity contribution in [1.82, 2.24) is 0 Å². The third-order valence-corrected chi connectivity index (χ3v) is 26.3. The molecule has 0 spiro atoms. The summed E-state index contributed by atoms with van der Waals surface area (Å²) in [7, 11) is 3.46. The molecule has 0 bridgehead atoms. The average molecular weight is 663 g/mol. The van der Waals surface area contributed by atoms with Gasteiger partial charge in [0, 0.05) is 0 Å². The molecule has 0 amide bonds. The molecule has 0 aromatic heterocycles. The van der Waals surface area contributed by atoms with Gasteiger partial charge in [-0.15, -0.1) is 0 Å². The van der Waals surface area contributed by atoms with Crippen molar-refractivity contribution in [2.75, 3.05) is 6.66 Å². The van der Waals surface area contributed by atoms with Crippen molar-refractivity contribution in [3.63, 3.8) is 0 Å². The molecule has 0 fully saturated rings. The summed E-state index contributed by atoms with van der Waals surface area (Å²) in [5.41, 5.74) is 5.96. The van der Waals surface area contributed by atoms with Crippen LogP contribution < -0.4 is 21.0 Å². The van der Waals surface area contributed by atoms with Gasteiger partial charge >= 0.3 is 289 Å². The Hall–Kier alpha value is -2.26. The second-order valence-corrected chi connectivity index (χ2v) is 30.9. The standard InChI is InChI=1S/C43H59PSi2/c1-28(2)34-24-38(30(5)6)42(39(25-34)31(7)8)46(43-40(32(9)10)26-35(29(3)4)27-41(43)33(11)12)44(13,45,36-20-16-14-17-21-36)37-22-18-15-19-23-37/h14-33H,1-13H3. The molecule has 0 atom stereocenters. The molecule has 0 saturated carbocycles. The Morgan fingerprint density at radius 2 is 0.696 bits per heavy atom. The Kier molecular flexibility index (Phi) is 11.2. The molecule has 4 aromatic rings. The van der Waals surface area contributed by atoms with Gasteiger partial charge in [-0.1, -0.05) is 0 Å². The van der Waals surface area contributed by atoms with E-state index in [-0.39, 0.29) is 0 Å². The van der Waals surface area contributed by atoms with E-state index < -0.39 is 14.2 Å². The molecule has 46 heavy (non-hydrogen) atoms. The first-order chi connectivity index (χ1) is 21.5. The van der Waals surface area contributed by atoms with Gasteiger partial charge in [-0.25, -0.2) is 0 Å². The van der Waals surface area contributed by atoms with Crippen LogP contribution in [0.5, 0.6) is 0 Å². The molecular weight excluding hydrogens is 604 g/mol. The van der Waals surface area contributed by atoms with Crippen LogP contribution in [0, 0.1) is 0 Å². The van der Waals surface area contributed by atoms with Crippen LogP contribution in [0.4, 0.5) is 0 Å². The van der Waals surface area contributed by atoms with Crippen LogP contribution in [0.1, 0.15) is 152 Å². The fraction of sp³-hybridized carbons (Fsp3) is 0.442. The summed E-state index contributed by atoms with van der Waals surface area (Å²) < 4.78 is 0. The minimum absolute atomic E-state index is 0.407. The van der Waals surface area contributed by atoms with Gasteiger partial charge in [0.1, 0.15) is 0 Å². The molecule has 4 aromatic carbocycles. The van der Waals surface area contributed by atoms with Gasteiger partial charge in [-0.2, -0.15) is 0 Å². The first-order valence-electron chi connectivity index (χ1n) is 17.6. The second kappa shape index (κ2) is 14.1. The molecule has 0 heterocycles. The Morgan fingerprint density at radius 1 is 0.435 bits per heavy atom. The molecule has 0 aliphatic carbocycles. The van der Waals surface area contributed by atoms with Gasteiger partial charge in [0.15, 0.2) is 0 Å². The van der Waals surface area contributed by atoms with Crippen LogP contribution >= 0.6 is 5.70 Å². The van der Waals surface area contributed by atoms with Crippen molar-refractivity contribution in [3.8, 4) is 0 Å². The Morgan fingerprint density at radius 3 is 0.913 bits per heavy atom. The Balaban J connectivity index is 2.42. The first-order valence-corrected chi connectivity index (χ1v) is 24.0. The summed E-state index contributed by atoms with van der Waals surface area (Å²) in [6.45, 7) is 31.4. The van der Waals surface area contributed by atoms with Gasteiger partial charge in [0.25, 0.3) is 0 Å². The average Bonchev–Trinajstić information content (AvgIpc) is 3.01. The maximum absolute atomic E-state index is 5.03. The maximum atomic E-state index is 5.03. The van der Waals surface area contributed by atoms with E-state index in [0.29, 0.717) is 35.5 Å². The van der Waals surface area contributed by atoms with Crippen molar-refractivity contribution in [2.45, 2.75) is 119 Å². The minimum atomic E-state index is -3.14. The zero-order valence-electron chi connectivity index (χ0n) is 31.0. The summed E-state index contributed by atoms with van der Waals surface area (Å²) in [5.74, 6) is 2.58. The number of benzene rings is 4. The second-order valence-electron chi connectivity index (χ2n) is 15.7. The molecular formula is C43H59PSi2. The molecule has 3 heteroatoms. The van der Waals surface area contributed by atoms with Crippen molar-refractivity contribution in [3.05, 3.63) is 118 Å². The molecule has 0 aliphatic rings.